The van der Waals surface area contributed by atoms with Crippen molar-refractivity contribution in [2.24, 2.45) is 0 Å². The Morgan fingerprint density at radius 2 is 2.38 bits per heavy atom. The third kappa shape index (κ3) is 2.69. The highest BCUT2D eigenvalue weighted by molar-refractivity contribution is 7.85. The molecule has 0 bridgehead atoms. The van der Waals surface area contributed by atoms with E-state index in [2.05, 4.69) is 12.6 Å². The Labute approximate surface area is 53.6 Å². The van der Waals surface area contributed by atoms with Crippen LogP contribution >= 0.6 is 12.6 Å². The van der Waals surface area contributed by atoms with Crippen LogP contribution in [0.15, 0.2) is 11.0 Å². The van der Waals surface area contributed by atoms with Crippen LogP contribution in [-0.2, 0) is 4.79 Å². The molecule has 0 unspecified atom stereocenters. The second-order valence-corrected chi connectivity index (χ2v) is 1.78. The van der Waals surface area contributed by atoms with Crippen molar-refractivity contribution in [2.45, 2.75) is 13.3 Å². The van der Waals surface area contributed by atoms with Crippen LogP contribution in [0.2, 0.25) is 0 Å². The topological polar surface area (TPSA) is 37.3 Å². The highest BCUT2D eigenvalue weighted by Crippen LogP contribution is 2.00. The van der Waals surface area contributed by atoms with E-state index in [-0.39, 0.29) is 4.91 Å². The minimum absolute atomic E-state index is 0.118. The molecule has 8 heavy (non-hydrogen) atoms. The average Bonchev–Trinajstić information content (AvgIpc) is 1.67. The van der Waals surface area contributed by atoms with Gasteiger partial charge in [0.25, 0.3) is 0 Å². The number of carboxylic acids is 1. The molecule has 46 valence electrons. The summed E-state index contributed by atoms with van der Waals surface area (Å²) >= 11 is 3.67. The standard InChI is InChI=1S/C5H8O2S/c1-2-3-4(8)5(6)7/h3,8H,2H2,1H3,(H,6,7). The van der Waals surface area contributed by atoms with E-state index in [4.69, 9.17) is 5.11 Å². The van der Waals surface area contributed by atoms with Crippen molar-refractivity contribution in [1.29, 1.82) is 0 Å². The van der Waals surface area contributed by atoms with E-state index in [1.54, 1.807) is 6.08 Å². The Hall–Kier alpha value is -0.440. The van der Waals surface area contributed by atoms with Gasteiger partial charge in [0, 0.05) is 0 Å². The van der Waals surface area contributed by atoms with Gasteiger partial charge in [-0.15, -0.1) is 12.6 Å². The molecule has 0 spiro atoms. The Kier molecular flexibility index (Phi) is 3.35. The largest absolute Gasteiger partial charge is 0.477 e. The molecule has 3 heteroatoms. The molecule has 2 nitrogen and oxygen atoms in total. The van der Waals surface area contributed by atoms with Gasteiger partial charge >= 0.3 is 5.97 Å². The Bertz CT molecular complexity index is 118. The Morgan fingerprint density at radius 3 is 2.50 bits per heavy atom. The fraction of sp³-hybridized carbons (Fsp3) is 0.400. The molecule has 0 saturated heterocycles. The summed E-state index contributed by atoms with van der Waals surface area (Å²) in [4.78, 5) is 10.1. The van der Waals surface area contributed by atoms with Crippen molar-refractivity contribution in [3.63, 3.8) is 0 Å². The van der Waals surface area contributed by atoms with Crippen molar-refractivity contribution in [1.82, 2.24) is 0 Å². The maximum absolute atomic E-state index is 9.94. The molecule has 0 saturated carbocycles. The first-order chi connectivity index (χ1) is 3.68. The molecular weight excluding hydrogens is 124 g/mol. The lowest BCUT2D eigenvalue weighted by atomic mass is 10.4. The molecule has 1 N–H and O–H groups in total. The first-order valence-corrected chi connectivity index (χ1v) is 2.75. The number of rotatable bonds is 2. The van der Waals surface area contributed by atoms with Gasteiger partial charge in [-0.2, -0.15) is 0 Å². The van der Waals surface area contributed by atoms with Crippen LogP contribution in [0.5, 0.6) is 0 Å². The van der Waals surface area contributed by atoms with Crippen LogP contribution in [0, 0.1) is 0 Å². The van der Waals surface area contributed by atoms with Crippen LogP contribution < -0.4 is 0 Å². The van der Waals surface area contributed by atoms with Crippen LogP contribution in [0.4, 0.5) is 0 Å². The van der Waals surface area contributed by atoms with Gasteiger partial charge in [-0.1, -0.05) is 13.0 Å². The van der Waals surface area contributed by atoms with Gasteiger partial charge in [-0.3, -0.25) is 0 Å². The van der Waals surface area contributed by atoms with Crippen molar-refractivity contribution in [2.75, 3.05) is 0 Å². The van der Waals surface area contributed by atoms with Crippen LogP contribution in [-0.4, -0.2) is 11.1 Å². The second-order valence-electron chi connectivity index (χ2n) is 1.30. The minimum Gasteiger partial charge on any atom is -0.477 e. The van der Waals surface area contributed by atoms with Crippen molar-refractivity contribution >= 4 is 18.6 Å². The lowest BCUT2D eigenvalue weighted by Crippen LogP contribution is -1.92. The van der Waals surface area contributed by atoms with E-state index in [9.17, 15) is 4.79 Å². The van der Waals surface area contributed by atoms with E-state index in [1.807, 2.05) is 6.92 Å². The molecule has 0 aromatic heterocycles. The summed E-state index contributed by atoms with van der Waals surface area (Å²) in [6.45, 7) is 1.86. The van der Waals surface area contributed by atoms with E-state index in [0.717, 1.165) is 0 Å². The van der Waals surface area contributed by atoms with Crippen LogP contribution in [0.25, 0.3) is 0 Å². The maximum Gasteiger partial charge on any atom is 0.341 e. The summed E-state index contributed by atoms with van der Waals surface area (Å²) in [5.74, 6) is -0.963. The first-order valence-electron chi connectivity index (χ1n) is 2.31. The van der Waals surface area contributed by atoms with E-state index in [0.29, 0.717) is 6.42 Å². The second kappa shape index (κ2) is 3.55. The minimum atomic E-state index is -0.963. The predicted octanol–water partition coefficient (Wildman–Crippen LogP) is 1.29. The van der Waals surface area contributed by atoms with E-state index < -0.39 is 5.97 Å². The number of allylic oxidation sites excluding steroid dienone is 1. The molecular formula is C5H8O2S. The molecule has 0 fully saturated rings. The average molecular weight is 132 g/mol. The fourth-order valence-electron chi connectivity index (χ4n) is 0.281. The third-order valence-corrected chi connectivity index (χ3v) is 0.990. The van der Waals surface area contributed by atoms with Gasteiger partial charge in [-0.05, 0) is 6.42 Å². The normalized spacial score (nSPS) is 11.5. The van der Waals surface area contributed by atoms with E-state index in [1.165, 1.54) is 0 Å². The highest BCUT2D eigenvalue weighted by Gasteiger charge is 1.96. The molecule has 0 aliphatic rings. The van der Waals surface area contributed by atoms with Crippen LogP contribution in [0.3, 0.4) is 0 Å². The fourth-order valence-corrected chi connectivity index (χ4v) is 0.463. The third-order valence-electron chi connectivity index (χ3n) is 0.617. The molecule has 0 aliphatic carbocycles. The smallest absolute Gasteiger partial charge is 0.341 e. The summed E-state index contributed by atoms with van der Waals surface area (Å²) in [7, 11) is 0. The number of carbonyl (C=O) groups is 1. The number of hydrogen-bond donors (Lipinski definition) is 2. The molecule has 0 radical (unpaired) electrons. The lowest BCUT2D eigenvalue weighted by molar-refractivity contribution is -0.131. The maximum atomic E-state index is 9.94. The Morgan fingerprint density at radius 1 is 1.88 bits per heavy atom. The zero-order valence-corrected chi connectivity index (χ0v) is 5.48. The quantitative estimate of drug-likeness (QED) is 0.439. The van der Waals surface area contributed by atoms with Gasteiger partial charge < -0.3 is 5.11 Å². The predicted molar refractivity (Wildman–Crippen MR) is 35.0 cm³/mol. The molecule has 0 rings (SSSR count). The number of aliphatic carboxylic acids is 1. The molecule has 0 heterocycles. The van der Waals surface area contributed by atoms with Crippen LogP contribution in [0.1, 0.15) is 13.3 Å². The summed E-state index contributed by atoms with van der Waals surface area (Å²) in [5.41, 5.74) is 0. The lowest BCUT2D eigenvalue weighted by Gasteiger charge is -1.86. The number of thiol groups is 1. The van der Waals surface area contributed by atoms with Gasteiger partial charge in [0.2, 0.25) is 0 Å². The van der Waals surface area contributed by atoms with Gasteiger partial charge in [-0.25, -0.2) is 4.79 Å². The monoisotopic (exact) mass is 132 g/mol. The van der Waals surface area contributed by atoms with Gasteiger partial charge in [0.1, 0.15) is 0 Å². The van der Waals surface area contributed by atoms with E-state index >= 15 is 0 Å². The van der Waals surface area contributed by atoms with Gasteiger partial charge in [0.05, 0.1) is 4.91 Å². The van der Waals surface area contributed by atoms with Crippen molar-refractivity contribution in [3.8, 4) is 0 Å². The zero-order chi connectivity index (χ0) is 6.57. The summed E-state index contributed by atoms with van der Waals surface area (Å²) < 4.78 is 0. The molecule has 0 aromatic rings. The molecule has 0 amide bonds. The summed E-state index contributed by atoms with van der Waals surface area (Å²) in [5, 5.41) is 8.17. The van der Waals surface area contributed by atoms with Crippen molar-refractivity contribution in [3.05, 3.63) is 11.0 Å². The SMILES string of the molecule is CCC=C(S)C(=O)O. The molecule has 0 aromatic carbocycles. The molecule has 0 aliphatic heterocycles. The Balaban J connectivity index is 3.80. The summed E-state index contributed by atoms with van der Waals surface area (Å²) in [6.07, 6.45) is 2.26. The molecule has 0 atom stereocenters. The number of hydrogen-bond acceptors (Lipinski definition) is 2. The first kappa shape index (κ1) is 7.56. The number of carboxylic acid groups (broad SMARTS) is 1. The highest BCUT2D eigenvalue weighted by atomic mass is 32.1. The summed E-state index contributed by atoms with van der Waals surface area (Å²) in [6, 6.07) is 0. The van der Waals surface area contributed by atoms with Crippen molar-refractivity contribution < 1.29 is 9.90 Å². The zero-order valence-electron chi connectivity index (χ0n) is 4.59. The van der Waals surface area contributed by atoms with Gasteiger partial charge in [0.15, 0.2) is 0 Å².